The standard InChI is InChI=1S/C20H23N5OS/c1-14(2)12-25-19(16-8-10-21-11-9-16)23-24-20(25)27-13-18(26)22-17-6-4-15(3)5-7-17/h4-11,14H,12-13H2,1-3H3,(H,22,26). The Bertz CT molecular complexity index is 890. The maximum absolute atomic E-state index is 12.3. The summed E-state index contributed by atoms with van der Waals surface area (Å²) in [6.45, 7) is 7.10. The van der Waals surface area contributed by atoms with Crippen LogP contribution in [0.1, 0.15) is 19.4 Å². The van der Waals surface area contributed by atoms with Crippen molar-refractivity contribution in [2.75, 3.05) is 11.1 Å². The SMILES string of the molecule is Cc1ccc(NC(=O)CSc2nnc(-c3ccncc3)n2CC(C)C)cc1. The van der Waals surface area contributed by atoms with Crippen LogP contribution in [0, 0.1) is 12.8 Å². The molecule has 27 heavy (non-hydrogen) atoms. The van der Waals surface area contributed by atoms with Gasteiger partial charge >= 0.3 is 0 Å². The number of hydrogen-bond acceptors (Lipinski definition) is 5. The lowest BCUT2D eigenvalue weighted by atomic mass is 10.2. The molecule has 2 heterocycles. The van der Waals surface area contributed by atoms with Gasteiger partial charge in [-0.1, -0.05) is 43.3 Å². The van der Waals surface area contributed by atoms with Gasteiger partial charge in [-0.2, -0.15) is 0 Å². The summed E-state index contributed by atoms with van der Waals surface area (Å²) in [5.41, 5.74) is 2.93. The maximum Gasteiger partial charge on any atom is 0.234 e. The highest BCUT2D eigenvalue weighted by Crippen LogP contribution is 2.25. The molecule has 1 N–H and O–H groups in total. The Balaban J connectivity index is 1.71. The van der Waals surface area contributed by atoms with E-state index in [2.05, 4.69) is 38.9 Å². The highest BCUT2D eigenvalue weighted by atomic mass is 32.2. The normalized spacial score (nSPS) is 11.0. The van der Waals surface area contributed by atoms with Gasteiger partial charge in [0, 0.05) is 30.2 Å². The van der Waals surface area contributed by atoms with Crippen LogP contribution in [0.5, 0.6) is 0 Å². The Hall–Kier alpha value is -2.67. The van der Waals surface area contributed by atoms with Gasteiger partial charge in [0.25, 0.3) is 0 Å². The predicted octanol–water partition coefficient (Wildman–Crippen LogP) is 4.04. The summed E-state index contributed by atoms with van der Waals surface area (Å²) in [5, 5.41) is 12.3. The van der Waals surface area contributed by atoms with Crippen molar-refractivity contribution in [1.82, 2.24) is 19.7 Å². The molecule has 0 saturated carbocycles. The van der Waals surface area contributed by atoms with Crippen molar-refractivity contribution in [2.24, 2.45) is 5.92 Å². The molecule has 3 aromatic rings. The van der Waals surface area contributed by atoms with Crippen molar-refractivity contribution in [3.63, 3.8) is 0 Å². The zero-order valence-corrected chi connectivity index (χ0v) is 16.5. The van der Waals surface area contributed by atoms with Crippen molar-refractivity contribution in [1.29, 1.82) is 0 Å². The fourth-order valence-electron chi connectivity index (χ4n) is 2.60. The minimum absolute atomic E-state index is 0.0617. The topological polar surface area (TPSA) is 72.7 Å². The van der Waals surface area contributed by atoms with Gasteiger partial charge in [-0.05, 0) is 37.1 Å². The zero-order valence-electron chi connectivity index (χ0n) is 15.7. The van der Waals surface area contributed by atoms with Gasteiger partial charge in [0.05, 0.1) is 5.75 Å². The number of carbonyl (C=O) groups excluding carboxylic acids is 1. The van der Waals surface area contributed by atoms with Gasteiger partial charge in [-0.3, -0.25) is 9.78 Å². The minimum Gasteiger partial charge on any atom is -0.325 e. The van der Waals surface area contributed by atoms with Crippen molar-refractivity contribution < 1.29 is 4.79 Å². The average molecular weight is 382 g/mol. The number of thioether (sulfide) groups is 1. The van der Waals surface area contributed by atoms with Crippen molar-refractivity contribution in [3.8, 4) is 11.4 Å². The molecule has 6 nitrogen and oxygen atoms in total. The van der Waals surface area contributed by atoms with E-state index in [0.29, 0.717) is 5.92 Å². The lowest BCUT2D eigenvalue weighted by molar-refractivity contribution is -0.113. The Kier molecular flexibility index (Phi) is 6.24. The summed E-state index contributed by atoms with van der Waals surface area (Å²) in [6.07, 6.45) is 3.48. The molecule has 0 unspecified atom stereocenters. The van der Waals surface area contributed by atoms with E-state index in [9.17, 15) is 4.79 Å². The fourth-order valence-corrected chi connectivity index (χ4v) is 3.35. The summed E-state index contributed by atoms with van der Waals surface area (Å²) in [7, 11) is 0. The number of pyridine rings is 1. The molecule has 0 aliphatic rings. The zero-order chi connectivity index (χ0) is 19.2. The van der Waals surface area contributed by atoms with Crippen LogP contribution >= 0.6 is 11.8 Å². The van der Waals surface area contributed by atoms with Gasteiger partial charge in [-0.25, -0.2) is 0 Å². The highest BCUT2D eigenvalue weighted by molar-refractivity contribution is 7.99. The van der Waals surface area contributed by atoms with E-state index < -0.39 is 0 Å². The van der Waals surface area contributed by atoms with Crippen LogP contribution in [0.3, 0.4) is 0 Å². The van der Waals surface area contributed by atoms with Crippen LogP contribution in [0.15, 0.2) is 53.9 Å². The summed E-state index contributed by atoms with van der Waals surface area (Å²) in [4.78, 5) is 16.3. The number of rotatable bonds is 7. The van der Waals surface area contributed by atoms with Crippen LogP contribution in [-0.2, 0) is 11.3 Å². The van der Waals surface area contributed by atoms with E-state index in [-0.39, 0.29) is 11.7 Å². The minimum atomic E-state index is -0.0617. The van der Waals surface area contributed by atoms with E-state index in [1.54, 1.807) is 12.4 Å². The molecule has 140 valence electrons. The van der Waals surface area contributed by atoms with E-state index in [4.69, 9.17) is 0 Å². The van der Waals surface area contributed by atoms with Gasteiger partial charge in [-0.15, -0.1) is 10.2 Å². The molecular weight excluding hydrogens is 358 g/mol. The van der Waals surface area contributed by atoms with Crippen LogP contribution in [0.2, 0.25) is 0 Å². The summed E-state index contributed by atoms with van der Waals surface area (Å²) < 4.78 is 2.07. The van der Waals surface area contributed by atoms with Crippen molar-refractivity contribution in [3.05, 3.63) is 54.4 Å². The molecule has 0 spiro atoms. The molecule has 2 aromatic heterocycles. The molecule has 0 fully saturated rings. The number of aryl methyl sites for hydroxylation is 1. The van der Waals surface area contributed by atoms with E-state index in [1.807, 2.05) is 43.3 Å². The molecule has 0 bridgehead atoms. The quantitative estimate of drug-likeness (QED) is 0.626. The van der Waals surface area contributed by atoms with Crippen molar-refractivity contribution >= 4 is 23.4 Å². The predicted molar refractivity (Wildman–Crippen MR) is 109 cm³/mol. The molecule has 0 radical (unpaired) electrons. The average Bonchev–Trinajstić information content (AvgIpc) is 3.04. The molecule has 0 aliphatic carbocycles. The number of aromatic nitrogens is 4. The molecule has 0 aliphatic heterocycles. The van der Waals surface area contributed by atoms with Gasteiger partial charge in [0.15, 0.2) is 11.0 Å². The third-order valence-electron chi connectivity index (χ3n) is 3.87. The largest absolute Gasteiger partial charge is 0.325 e. The second-order valence-electron chi connectivity index (χ2n) is 6.75. The third kappa shape index (κ3) is 5.17. The smallest absolute Gasteiger partial charge is 0.234 e. The molecular formula is C20H23N5OS. The van der Waals surface area contributed by atoms with E-state index in [1.165, 1.54) is 11.8 Å². The lowest BCUT2D eigenvalue weighted by Gasteiger charge is -2.12. The number of nitrogens with one attached hydrogen (secondary N) is 1. The molecule has 1 amide bonds. The molecule has 3 rings (SSSR count). The monoisotopic (exact) mass is 381 g/mol. The number of carbonyl (C=O) groups is 1. The number of anilines is 1. The second kappa shape index (κ2) is 8.81. The maximum atomic E-state index is 12.3. The van der Waals surface area contributed by atoms with Crippen LogP contribution in [0.4, 0.5) is 5.69 Å². The number of amides is 1. The summed E-state index contributed by atoms with van der Waals surface area (Å²) in [5.74, 6) is 1.45. The first kappa shape index (κ1) is 19.1. The van der Waals surface area contributed by atoms with Gasteiger partial charge in [0.1, 0.15) is 0 Å². The fraction of sp³-hybridized carbons (Fsp3) is 0.300. The Morgan fingerprint density at radius 1 is 1.11 bits per heavy atom. The number of benzene rings is 1. The Morgan fingerprint density at radius 2 is 1.81 bits per heavy atom. The Labute approximate surface area is 163 Å². The van der Waals surface area contributed by atoms with E-state index in [0.717, 1.165) is 34.3 Å². The number of hydrogen-bond donors (Lipinski definition) is 1. The van der Waals surface area contributed by atoms with Gasteiger partial charge in [0.2, 0.25) is 5.91 Å². The van der Waals surface area contributed by atoms with Crippen LogP contribution in [0.25, 0.3) is 11.4 Å². The lowest BCUT2D eigenvalue weighted by Crippen LogP contribution is -2.15. The van der Waals surface area contributed by atoms with Crippen LogP contribution in [-0.4, -0.2) is 31.4 Å². The molecule has 7 heteroatoms. The first-order valence-electron chi connectivity index (χ1n) is 8.86. The second-order valence-corrected chi connectivity index (χ2v) is 7.69. The number of nitrogens with zero attached hydrogens (tertiary/aromatic N) is 4. The summed E-state index contributed by atoms with van der Waals surface area (Å²) >= 11 is 1.40. The highest BCUT2D eigenvalue weighted by Gasteiger charge is 2.16. The summed E-state index contributed by atoms with van der Waals surface area (Å²) in [6, 6.07) is 11.6. The molecule has 1 aromatic carbocycles. The van der Waals surface area contributed by atoms with Crippen LogP contribution < -0.4 is 5.32 Å². The molecule has 0 atom stereocenters. The van der Waals surface area contributed by atoms with E-state index >= 15 is 0 Å². The van der Waals surface area contributed by atoms with Crippen molar-refractivity contribution in [2.45, 2.75) is 32.5 Å². The first-order valence-corrected chi connectivity index (χ1v) is 9.84. The van der Waals surface area contributed by atoms with Gasteiger partial charge < -0.3 is 9.88 Å². The Morgan fingerprint density at radius 3 is 2.48 bits per heavy atom. The molecule has 0 saturated heterocycles. The first-order chi connectivity index (χ1) is 13.0. The third-order valence-corrected chi connectivity index (χ3v) is 4.84.